The van der Waals surface area contributed by atoms with Gasteiger partial charge in [-0.25, -0.2) is 0 Å². The van der Waals surface area contributed by atoms with Gasteiger partial charge in [-0.2, -0.15) is 0 Å². The van der Waals surface area contributed by atoms with Gasteiger partial charge in [0.25, 0.3) is 5.91 Å². The van der Waals surface area contributed by atoms with Gasteiger partial charge in [0.2, 0.25) is 0 Å². The molecule has 25 heavy (non-hydrogen) atoms. The van der Waals surface area contributed by atoms with Crippen molar-refractivity contribution < 1.29 is 13.9 Å². The van der Waals surface area contributed by atoms with E-state index in [1.807, 2.05) is 30.9 Å². The lowest BCUT2D eigenvalue weighted by Gasteiger charge is -2.33. The second kappa shape index (κ2) is 6.64. The van der Waals surface area contributed by atoms with Gasteiger partial charge in [0.05, 0.1) is 18.7 Å². The molecule has 2 aromatic heterocycles. The third kappa shape index (κ3) is 3.09. The van der Waals surface area contributed by atoms with Crippen LogP contribution in [0.3, 0.4) is 0 Å². The van der Waals surface area contributed by atoms with Crippen LogP contribution in [0.2, 0.25) is 0 Å². The zero-order valence-electron chi connectivity index (χ0n) is 14.9. The first-order valence-electron chi connectivity index (χ1n) is 9.08. The lowest BCUT2D eigenvalue weighted by molar-refractivity contribution is -0.0229. The minimum absolute atomic E-state index is 0.0866. The molecule has 0 unspecified atom stereocenters. The van der Waals surface area contributed by atoms with Gasteiger partial charge in [-0.3, -0.25) is 9.78 Å². The van der Waals surface area contributed by atoms with Crippen LogP contribution in [-0.2, 0) is 17.6 Å². The van der Waals surface area contributed by atoms with Crippen molar-refractivity contribution in [1.29, 1.82) is 0 Å². The number of nitrogens with zero attached hydrogens (tertiary/aromatic N) is 2. The number of rotatable bonds is 2. The fourth-order valence-corrected chi connectivity index (χ4v) is 3.94. The van der Waals surface area contributed by atoms with Gasteiger partial charge in [-0.1, -0.05) is 0 Å². The molecule has 0 saturated carbocycles. The molecule has 0 aromatic carbocycles. The SMILES string of the molecule is Cc1cc([C@@H]2CN(C(=O)c3c(C)oc4c3CCCC4)CCO2)ccn1. The van der Waals surface area contributed by atoms with E-state index in [1.54, 1.807) is 6.20 Å². The highest BCUT2D eigenvalue weighted by atomic mass is 16.5. The zero-order chi connectivity index (χ0) is 17.4. The monoisotopic (exact) mass is 340 g/mol. The van der Waals surface area contributed by atoms with Crippen LogP contribution in [0.5, 0.6) is 0 Å². The fraction of sp³-hybridized carbons (Fsp3) is 0.500. The van der Waals surface area contributed by atoms with Crippen molar-refractivity contribution in [1.82, 2.24) is 9.88 Å². The quantitative estimate of drug-likeness (QED) is 0.841. The summed E-state index contributed by atoms with van der Waals surface area (Å²) in [5.74, 6) is 1.87. The maximum atomic E-state index is 13.2. The Morgan fingerprint density at radius 3 is 2.96 bits per heavy atom. The van der Waals surface area contributed by atoms with E-state index in [4.69, 9.17) is 9.15 Å². The number of amides is 1. The van der Waals surface area contributed by atoms with E-state index in [9.17, 15) is 4.79 Å². The van der Waals surface area contributed by atoms with Gasteiger partial charge < -0.3 is 14.1 Å². The van der Waals surface area contributed by atoms with Crippen molar-refractivity contribution >= 4 is 5.91 Å². The Balaban J connectivity index is 1.57. The van der Waals surface area contributed by atoms with Crippen molar-refractivity contribution in [2.45, 2.75) is 45.6 Å². The molecule has 1 saturated heterocycles. The summed E-state index contributed by atoms with van der Waals surface area (Å²) in [6, 6.07) is 4.00. The summed E-state index contributed by atoms with van der Waals surface area (Å²) < 4.78 is 11.8. The largest absolute Gasteiger partial charge is 0.465 e. The molecular weight excluding hydrogens is 316 g/mol. The number of fused-ring (bicyclic) bond motifs is 1. The van der Waals surface area contributed by atoms with Crippen LogP contribution in [0.25, 0.3) is 0 Å². The lowest BCUT2D eigenvalue weighted by atomic mass is 9.94. The molecule has 5 nitrogen and oxygen atoms in total. The summed E-state index contributed by atoms with van der Waals surface area (Å²) in [5.41, 5.74) is 3.97. The Morgan fingerprint density at radius 2 is 2.12 bits per heavy atom. The van der Waals surface area contributed by atoms with Crippen LogP contribution in [-0.4, -0.2) is 35.5 Å². The average Bonchev–Trinajstić information content (AvgIpc) is 2.97. The van der Waals surface area contributed by atoms with Crippen LogP contribution < -0.4 is 0 Å². The molecule has 1 aliphatic heterocycles. The molecule has 0 N–H and O–H groups in total. The van der Waals surface area contributed by atoms with E-state index >= 15 is 0 Å². The van der Waals surface area contributed by atoms with Crippen molar-refractivity contribution in [3.05, 3.63) is 52.2 Å². The smallest absolute Gasteiger partial charge is 0.257 e. The molecule has 0 spiro atoms. The van der Waals surface area contributed by atoms with Crippen LogP contribution in [0.4, 0.5) is 0 Å². The maximum absolute atomic E-state index is 13.2. The Labute approximate surface area is 148 Å². The third-order valence-electron chi connectivity index (χ3n) is 5.21. The first kappa shape index (κ1) is 16.3. The Kier molecular flexibility index (Phi) is 4.34. The molecule has 2 aromatic rings. The number of aryl methyl sites for hydroxylation is 3. The molecule has 2 aliphatic rings. The number of furan rings is 1. The Hall–Kier alpha value is -2.14. The Morgan fingerprint density at radius 1 is 1.28 bits per heavy atom. The first-order chi connectivity index (χ1) is 12.1. The molecule has 132 valence electrons. The van der Waals surface area contributed by atoms with Crippen molar-refractivity contribution in [2.75, 3.05) is 19.7 Å². The van der Waals surface area contributed by atoms with Crippen LogP contribution in [0.15, 0.2) is 22.7 Å². The molecule has 1 aliphatic carbocycles. The van der Waals surface area contributed by atoms with Crippen molar-refractivity contribution in [3.63, 3.8) is 0 Å². The summed E-state index contributed by atoms with van der Waals surface area (Å²) in [6.45, 7) is 5.63. The number of carbonyl (C=O) groups is 1. The minimum atomic E-state index is -0.0950. The molecule has 4 rings (SSSR count). The topological polar surface area (TPSA) is 55.6 Å². The first-order valence-corrected chi connectivity index (χ1v) is 9.08. The lowest BCUT2D eigenvalue weighted by Crippen LogP contribution is -2.42. The number of hydrogen-bond acceptors (Lipinski definition) is 4. The minimum Gasteiger partial charge on any atom is -0.465 e. The van der Waals surface area contributed by atoms with Gasteiger partial charge in [0, 0.05) is 30.4 Å². The van der Waals surface area contributed by atoms with E-state index < -0.39 is 0 Å². The number of aromatic nitrogens is 1. The molecule has 0 bridgehead atoms. The second-order valence-electron chi connectivity index (χ2n) is 6.98. The second-order valence-corrected chi connectivity index (χ2v) is 6.98. The number of ether oxygens (including phenoxy) is 1. The number of morpholine rings is 1. The van der Waals surface area contributed by atoms with E-state index in [0.29, 0.717) is 19.7 Å². The van der Waals surface area contributed by atoms with Gasteiger partial charge in [0.15, 0.2) is 0 Å². The van der Waals surface area contributed by atoms with Gasteiger partial charge >= 0.3 is 0 Å². The number of pyridine rings is 1. The normalized spacial score (nSPS) is 20.4. The molecule has 1 amide bonds. The standard InChI is InChI=1S/C20H24N2O3/c1-13-11-15(7-8-21-13)18-12-22(9-10-24-18)20(23)19-14(2)25-17-6-4-3-5-16(17)19/h7-8,11,18H,3-6,9-10,12H2,1-2H3/t18-/m0/s1. The van der Waals surface area contributed by atoms with E-state index in [2.05, 4.69) is 4.98 Å². The molecule has 3 heterocycles. The molecule has 5 heteroatoms. The summed E-state index contributed by atoms with van der Waals surface area (Å²) in [5, 5.41) is 0. The predicted octanol–water partition coefficient (Wildman–Crippen LogP) is 3.38. The maximum Gasteiger partial charge on any atom is 0.257 e. The highest BCUT2D eigenvalue weighted by Gasteiger charge is 2.31. The summed E-state index contributed by atoms with van der Waals surface area (Å²) >= 11 is 0. The molecular formula is C20H24N2O3. The fourth-order valence-electron chi connectivity index (χ4n) is 3.94. The highest BCUT2D eigenvalue weighted by molar-refractivity contribution is 5.97. The predicted molar refractivity (Wildman–Crippen MR) is 93.7 cm³/mol. The van der Waals surface area contributed by atoms with Crippen molar-refractivity contribution in [2.24, 2.45) is 0 Å². The van der Waals surface area contributed by atoms with E-state index in [-0.39, 0.29) is 12.0 Å². The van der Waals surface area contributed by atoms with Crippen LogP contribution >= 0.6 is 0 Å². The summed E-state index contributed by atoms with van der Waals surface area (Å²) in [6.07, 6.45) is 5.88. The average molecular weight is 340 g/mol. The van der Waals surface area contributed by atoms with Gasteiger partial charge in [-0.15, -0.1) is 0 Å². The van der Waals surface area contributed by atoms with Crippen LogP contribution in [0, 0.1) is 13.8 Å². The number of carbonyl (C=O) groups excluding carboxylic acids is 1. The Bertz CT molecular complexity index is 796. The number of hydrogen-bond donors (Lipinski definition) is 0. The summed E-state index contributed by atoms with van der Waals surface area (Å²) in [4.78, 5) is 19.3. The zero-order valence-corrected chi connectivity index (χ0v) is 14.9. The molecule has 1 atom stereocenters. The van der Waals surface area contributed by atoms with Gasteiger partial charge in [0.1, 0.15) is 17.6 Å². The van der Waals surface area contributed by atoms with Crippen molar-refractivity contribution in [3.8, 4) is 0 Å². The van der Waals surface area contributed by atoms with Gasteiger partial charge in [-0.05, 0) is 50.8 Å². The molecule has 0 radical (unpaired) electrons. The van der Waals surface area contributed by atoms with E-state index in [0.717, 1.165) is 59.6 Å². The van der Waals surface area contributed by atoms with Crippen LogP contribution in [0.1, 0.15) is 57.6 Å². The highest BCUT2D eigenvalue weighted by Crippen LogP contribution is 2.31. The molecule has 1 fully saturated rings. The summed E-state index contributed by atoms with van der Waals surface area (Å²) in [7, 11) is 0. The third-order valence-corrected chi connectivity index (χ3v) is 5.21. The van der Waals surface area contributed by atoms with E-state index in [1.165, 1.54) is 0 Å².